The van der Waals surface area contributed by atoms with Gasteiger partial charge in [0, 0.05) is 13.1 Å². The first-order valence-corrected chi connectivity index (χ1v) is 7.85. The first-order valence-electron chi connectivity index (χ1n) is 5.55. The molecular formula is C11H13N3O3S2. The van der Waals surface area contributed by atoms with Gasteiger partial charge in [0.2, 0.25) is 10.0 Å². The van der Waals surface area contributed by atoms with Gasteiger partial charge < -0.3 is 4.98 Å². The van der Waals surface area contributed by atoms with Crippen LogP contribution in [0, 0.1) is 4.77 Å². The summed E-state index contributed by atoms with van der Waals surface area (Å²) in [4.78, 5) is 15.2. The van der Waals surface area contributed by atoms with Crippen molar-refractivity contribution in [3.05, 3.63) is 39.4 Å². The zero-order valence-electron chi connectivity index (χ0n) is 10.2. The second kappa shape index (κ2) is 5.24. The monoisotopic (exact) mass is 299 g/mol. The fourth-order valence-electron chi connectivity index (χ4n) is 1.74. The molecule has 2 N–H and O–H groups in total. The highest BCUT2D eigenvalue weighted by Crippen LogP contribution is 2.05. The van der Waals surface area contributed by atoms with Gasteiger partial charge in [-0.25, -0.2) is 13.1 Å². The standard InChI is InChI=1S/C11H13N3O3S2/c1-19(16,17)12-6-7-14-10(15)8-4-2-3-5-9(8)13-11(14)18/h2-5,12H,6-7H2,1H3,(H,13,18). The number of aromatic amines is 1. The summed E-state index contributed by atoms with van der Waals surface area (Å²) in [5, 5.41) is 0.524. The van der Waals surface area contributed by atoms with E-state index in [9.17, 15) is 13.2 Å². The Bertz CT molecular complexity index is 821. The Morgan fingerprint density at radius 3 is 2.74 bits per heavy atom. The zero-order valence-corrected chi connectivity index (χ0v) is 11.8. The molecule has 0 spiro atoms. The van der Waals surface area contributed by atoms with Gasteiger partial charge in [-0.1, -0.05) is 12.1 Å². The smallest absolute Gasteiger partial charge is 0.262 e. The van der Waals surface area contributed by atoms with Crippen LogP contribution in [-0.4, -0.2) is 30.8 Å². The van der Waals surface area contributed by atoms with E-state index in [1.807, 2.05) is 6.07 Å². The van der Waals surface area contributed by atoms with Crippen molar-refractivity contribution in [2.24, 2.45) is 0 Å². The molecule has 0 saturated carbocycles. The molecule has 0 bridgehead atoms. The number of nitrogens with zero attached hydrogens (tertiary/aromatic N) is 1. The van der Waals surface area contributed by atoms with Crippen molar-refractivity contribution in [3.8, 4) is 0 Å². The van der Waals surface area contributed by atoms with E-state index in [2.05, 4.69) is 9.71 Å². The number of H-pyrrole nitrogens is 1. The minimum atomic E-state index is -3.27. The Kier molecular flexibility index (Phi) is 3.83. The van der Waals surface area contributed by atoms with Crippen molar-refractivity contribution in [1.82, 2.24) is 14.3 Å². The summed E-state index contributed by atoms with van der Waals surface area (Å²) in [5.41, 5.74) is 0.444. The molecule has 0 unspecified atom stereocenters. The molecule has 1 aromatic carbocycles. The van der Waals surface area contributed by atoms with Crippen molar-refractivity contribution < 1.29 is 8.42 Å². The molecule has 1 heterocycles. The summed E-state index contributed by atoms with van der Waals surface area (Å²) >= 11 is 5.10. The molecule has 0 aliphatic carbocycles. The summed E-state index contributed by atoms with van der Waals surface area (Å²) in [6, 6.07) is 7.04. The molecule has 8 heteroatoms. The van der Waals surface area contributed by atoms with Crippen LogP contribution in [0.15, 0.2) is 29.1 Å². The fourth-order valence-corrected chi connectivity index (χ4v) is 2.49. The molecule has 0 amide bonds. The van der Waals surface area contributed by atoms with Crippen molar-refractivity contribution in [1.29, 1.82) is 0 Å². The van der Waals surface area contributed by atoms with Gasteiger partial charge in [0.05, 0.1) is 17.2 Å². The van der Waals surface area contributed by atoms with Crippen molar-refractivity contribution >= 4 is 33.1 Å². The van der Waals surface area contributed by atoms with E-state index in [1.54, 1.807) is 18.2 Å². The quantitative estimate of drug-likeness (QED) is 0.810. The predicted octanol–water partition coefficient (Wildman–Crippen LogP) is 0.608. The third-order valence-electron chi connectivity index (χ3n) is 2.59. The summed E-state index contributed by atoms with van der Waals surface area (Å²) in [7, 11) is -3.27. The molecule has 2 aromatic rings. The highest BCUT2D eigenvalue weighted by Gasteiger charge is 2.06. The summed E-state index contributed by atoms with van der Waals surface area (Å²) in [5.74, 6) is 0. The van der Waals surface area contributed by atoms with Crippen LogP contribution < -0.4 is 10.3 Å². The normalized spacial score (nSPS) is 11.8. The van der Waals surface area contributed by atoms with Crippen molar-refractivity contribution in [2.75, 3.05) is 12.8 Å². The second-order valence-electron chi connectivity index (χ2n) is 4.10. The van der Waals surface area contributed by atoms with Crippen molar-refractivity contribution in [2.45, 2.75) is 6.54 Å². The summed E-state index contributed by atoms with van der Waals surface area (Å²) in [6.45, 7) is 0.306. The van der Waals surface area contributed by atoms with Gasteiger partial charge in [-0.2, -0.15) is 0 Å². The SMILES string of the molecule is CS(=O)(=O)NCCn1c(=S)[nH]c2ccccc2c1=O. The van der Waals surface area contributed by atoms with Crippen LogP contribution in [-0.2, 0) is 16.6 Å². The van der Waals surface area contributed by atoms with Crippen LogP contribution in [0.25, 0.3) is 10.9 Å². The predicted molar refractivity (Wildman–Crippen MR) is 76.2 cm³/mol. The molecule has 102 valence electrons. The first kappa shape index (κ1) is 13.9. The highest BCUT2D eigenvalue weighted by molar-refractivity contribution is 7.88. The number of fused-ring (bicyclic) bond motifs is 1. The molecule has 2 rings (SSSR count). The topological polar surface area (TPSA) is 84.0 Å². The van der Waals surface area contributed by atoms with Crippen LogP contribution in [0.2, 0.25) is 0 Å². The maximum absolute atomic E-state index is 12.2. The first-order chi connectivity index (χ1) is 8.88. The van der Waals surface area contributed by atoms with Gasteiger partial charge in [0.15, 0.2) is 4.77 Å². The average molecular weight is 299 g/mol. The molecular weight excluding hydrogens is 286 g/mol. The minimum Gasteiger partial charge on any atom is -0.332 e. The zero-order chi connectivity index (χ0) is 14.0. The van der Waals surface area contributed by atoms with Gasteiger partial charge >= 0.3 is 0 Å². The Morgan fingerprint density at radius 2 is 2.05 bits per heavy atom. The van der Waals surface area contributed by atoms with Crippen LogP contribution in [0.1, 0.15) is 0 Å². The van der Waals surface area contributed by atoms with Gasteiger partial charge in [-0.3, -0.25) is 9.36 Å². The second-order valence-corrected chi connectivity index (χ2v) is 6.32. The maximum Gasteiger partial charge on any atom is 0.262 e. The third-order valence-corrected chi connectivity index (χ3v) is 3.64. The van der Waals surface area contributed by atoms with Crippen LogP contribution in [0.3, 0.4) is 0 Å². The van der Waals surface area contributed by atoms with E-state index >= 15 is 0 Å². The Morgan fingerprint density at radius 1 is 1.37 bits per heavy atom. The lowest BCUT2D eigenvalue weighted by Crippen LogP contribution is -2.31. The van der Waals surface area contributed by atoms with Crippen LogP contribution >= 0.6 is 12.2 Å². The van der Waals surface area contributed by atoms with Crippen LogP contribution in [0.5, 0.6) is 0 Å². The number of sulfonamides is 1. The molecule has 0 aliphatic rings. The minimum absolute atomic E-state index is 0.120. The number of para-hydroxylation sites is 1. The number of nitrogens with one attached hydrogen (secondary N) is 2. The lowest BCUT2D eigenvalue weighted by molar-refractivity contribution is 0.574. The molecule has 1 aromatic heterocycles. The Hall–Kier alpha value is -1.51. The number of aromatic nitrogens is 2. The van der Waals surface area contributed by atoms with Gasteiger partial charge in [-0.15, -0.1) is 0 Å². The molecule has 0 saturated heterocycles. The van der Waals surface area contributed by atoms with Crippen molar-refractivity contribution in [3.63, 3.8) is 0 Å². The van der Waals surface area contributed by atoms with E-state index in [-0.39, 0.29) is 23.4 Å². The van der Waals surface area contributed by atoms with Crippen LogP contribution in [0.4, 0.5) is 0 Å². The fraction of sp³-hybridized carbons (Fsp3) is 0.273. The molecule has 0 fully saturated rings. The van der Waals surface area contributed by atoms with E-state index in [1.165, 1.54) is 4.57 Å². The van der Waals surface area contributed by atoms with E-state index in [0.717, 1.165) is 6.26 Å². The lowest BCUT2D eigenvalue weighted by atomic mass is 10.2. The molecule has 0 aliphatic heterocycles. The summed E-state index contributed by atoms with van der Waals surface area (Å²) in [6.07, 6.45) is 1.07. The maximum atomic E-state index is 12.2. The number of rotatable bonds is 4. The van der Waals surface area contributed by atoms with Gasteiger partial charge in [-0.05, 0) is 24.4 Å². The lowest BCUT2D eigenvalue weighted by Gasteiger charge is -2.08. The largest absolute Gasteiger partial charge is 0.332 e. The molecule has 19 heavy (non-hydrogen) atoms. The third kappa shape index (κ3) is 3.28. The van der Waals surface area contributed by atoms with E-state index in [4.69, 9.17) is 12.2 Å². The van der Waals surface area contributed by atoms with E-state index < -0.39 is 10.0 Å². The molecule has 0 atom stereocenters. The summed E-state index contributed by atoms with van der Waals surface area (Å²) < 4.78 is 25.9. The number of hydrogen-bond donors (Lipinski definition) is 2. The molecule has 6 nitrogen and oxygen atoms in total. The average Bonchev–Trinajstić information content (AvgIpc) is 2.32. The Labute approximate surface area is 115 Å². The Balaban J connectivity index is 2.39. The molecule has 0 radical (unpaired) electrons. The van der Waals surface area contributed by atoms with E-state index in [0.29, 0.717) is 10.9 Å². The number of benzene rings is 1. The van der Waals surface area contributed by atoms with Gasteiger partial charge in [0.25, 0.3) is 5.56 Å². The highest BCUT2D eigenvalue weighted by atomic mass is 32.2. The van der Waals surface area contributed by atoms with Gasteiger partial charge in [0.1, 0.15) is 0 Å². The number of hydrogen-bond acceptors (Lipinski definition) is 4.